The van der Waals surface area contributed by atoms with Crippen molar-refractivity contribution >= 4 is 17.2 Å². The molecule has 124 valence electrons. The number of carbonyl (C=O) groups excluding carboxylic acids is 1. The number of aromatic nitrogens is 2. The molecule has 2 aromatic heterocycles. The number of benzene rings is 1. The van der Waals surface area contributed by atoms with E-state index in [1.54, 1.807) is 46.4 Å². The first-order valence-corrected chi connectivity index (χ1v) is 8.67. The topological polar surface area (TPSA) is 58.1 Å². The van der Waals surface area contributed by atoms with Gasteiger partial charge in [-0.15, -0.1) is 11.3 Å². The van der Waals surface area contributed by atoms with Crippen LogP contribution in [0, 0.1) is 6.92 Å². The van der Waals surface area contributed by atoms with Gasteiger partial charge in [0.05, 0.1) is 12.2 Å². The van der Waals surface area contributed by atoms with Crippen LogP contribution in [0.2, 0.25) is 0 Å². The summed E-state index contributed by atoms with van der Waals surface area (Å²) >= 11 is 1.65. The minimum absolute atomic E-state index is 0.00409. The second-order valence-corrected chi connectivity index (χ2v) is 6.55. The summed E-state index contributed by atoms with van der Waals surface area (Å²) < 4.78 is 1.58. The number of H-pyrrole nitrogens is 1. The van der Waals surface area contributed by atoms with Crippen molar-refractivity contribution in [2.45, 2.75) is 20.4 Å². The lowest BCUT2D eigenvalue weighted by atomic mass is 10.1. The van der Waals surface area contributed by atoms with Crippen LogP contribution in [0.25, 0.3) is 5.69 Å². The Balaban J connectivity index is 1.82. The molecule has 2 heterocycles. The van der Waals surface area contributed by atoms with Crippen molar-refractivity contribution in [3.63, 3.8) is 0 Å². The fraction of sp³-hybridized carbons (Fsp3) is 0.222. The van der Waals surface area contributed by atoms with Crippen LogP contribution in [0.3, 0.4) is 0 Å². The van der Waals surface area contributed by atoms with Gasteiger partial charge in [0, 0.05) is 28.9 Å². The van der Waals surface area contributed by atoms with Crippen LogP contribution >= 0.6 is 11.3 Å². The molecule has 0 unspecified atom stereocenters. The molecule has 0 radical (unpaired) electrons. The van der Waals surface area contributed by atoms with Crippen LogP contribution in [0.1, 0.15) is 27.9 Å². The Morgan fingerprint density at radius 2 is 2.00 bits per heavy atom. The largest absolute Gasteiger partial charge is 0.334 e. The van der Waals surface area contributed by atoms with Crippen molar-refractivity contribution in [1.82, 2.24) is 14.5 Å². The van der Waals surface area contributed by atoms with E-state index in [4.69, 9.17) is 0 Å². The number of nitrogens with one attached hydrogen (secondary N) is 1. The van der Waals surface area contributed by atoms with Crippen molar-refractivity contribution in [3.8, 4) is 5.69 Å². The molecule has 24 heavy (non-hydrogen) atoms. The van der Waals surface area contributed by atoms with Gasteiger partial charge in [0.1, 0.15) is 0 Å². The molecule has 1 amide bonds. The SMILES string of the molecule is CCN(Cc1cccs1)C(=O)c1ccc(-n2c(C)c[nH]c2=O)cc1. The summed E-state index contributed by atoms with van der Waals surface area (Å²) in [4.78, 5) is 30.2. The van der Waals surface area contributed by atoms with Crippen molar-refractivity contribution in [2.75, 3.05) is 6.54 Å². The summed E-state index contributed by atoms with van der Waals surface area (Å²) in [7, 11) is 0. The van der Waals surface area contributed by atoms with Crippen LogP contribution in [-0.4, -0.2) is 26.9 Å². The van der Waals surface area contributed by atoms with E-state index in [2.05, 4.69) is 4.98 Å². The second-order valence-electron chi connectivity index (χ2n) is 5.52. The van der Waals surface area contributed by atoms with E-state index in [1.807, 2.05) is 36.3 Å². The highest BCUT2D eigenvalue weighted by Crippen LogP contribution is 2.16. The highest BCUT2D eigenvalue weighted by molar-refractivity contribution is 7.09. The maximum absolute atomic E-state index is 12.7. The first kappa shape index (κ1) is 16.3. The fourth-order valence-electron chi connectivity index (χ4n) is 2.63. The predicted molar refractivity (Wildman–Crippen MR) is 95.9 cm³/mol. The standard InChI is InChI=1S/C18H19N3O2S/c1-3-20(12-16-5-4-10-24-16)17(22)14-6-8-15(9-7-14)21-13(2)11-19-18(21)23/h4-11H,3,12H2,1-2H3,(H,19,23). The first-order valence-electron chi connectivity index (χ1n) is 7.79. The molecule has 1 aromatic carbocycles. The van der Waals surface area contributed by atoms with Crippen molar-refractivity contribution in [3.05, 3.63) is 74.6 Å². The molecular formula is C18H19N3O2S. The number of imidazole rings is 1. The quantitative estimate of drug-likeness (QED) is 0.775. The molecule has 0 saturated heterocycles. The number of hydrogen-bond donors (Lipinski definition) is 1. The highest BCUT2D eigenvalue weighted by atomic mass is 32.1. The Morgan fingerprint density at radius 1 is 1.25 bits per heavy atom. The van der Waals surface area contributed by atoms with Crippen LogP contribution < -0.4 is 5.69 Å². The summed E-state index contributed by atoms with van der Waals surface area (Å²) in [6.45, 7) is 5.10. The van der Waals surface area contributed by atoms with Gasteiger partial charge in [-0.1, -0.05) is 6.07 Å². The molecule has 3 rings (SSSR count). The van der Waals surface area contributed by atoms with E-state index in [0.717, 1.165) is 16.3 Å². The monoisotopic (exact) mass is 341 g/mol. The smallest absolute Gasteiger partial charge is 0.330 e. The van der Waals surface area contributed by atoms with Crippen molar-refractivity contribution in [2.24, 2.45) is 0 Å². The molecule has 3 aromatic rings. The Bertz CT molecular complexity index is 876. The molecule has 5 nitrogen and oxygen atoms in total. The van der Waals surface area contributed by atoms with Gasteiger partial charge in [0.15, 0.2) is 0 Å². The summed E-state index contributed by atoms with van der Waals surface area (Å²) in [6.07, 6.45) is 1.67. The molecule has 6 heteroatoms. The minimum atomic E-state index is -0.181. The van der Waals surface area contributed by atoms with Gasteiger partial charge in [-0.3, -0.25) is 9.36 Å². The molecule has 0 atom stereocenters. The molecule has 0 saturated carbocycles. The Labute approximate surface area is 144 Å². The van der Waals surface area contributed by atoms with Gasteiger partial charge in [-0.25, -0.2) is 4.79 Å². The van der Waals surface area contributed by atoms with Gasteiger partial charge in [0.2, 0.25) is 0 Å². The zero-order valence-electron chi connectivity index (χ0n) is 13.7. The minimum Gasteiger partial charge on any atom is -0.334 e. The number of thiophene rings is 1. The van der Waals surface area contributed by atoms with E-state index >= 15 is 0 Å². The Hall–Kier alpha value is -2.60. The Kier molecular flexibility index (Phi) is 4.66. The summed E-state index contributed by atoms with van der Waals surface area (Å²) in [5, 5.41) is 2.01. The van der Waals surface area contributed by atoms with Crippen molar-refractivity contribution < 1.29 is 4.79 Å². The third-order valence-electron chi connectivity index (χ3n) is 3.93. The molecule has 0 aliphatic carbocycles. The third kappa shape index (κ3) is 3.19. The maximum Gasteiger partial charge on any atom is 0.330 e. The fourth-order valence-corrected chi connectivity index (χ4v) is 3.35. The second kappa shape index (κ2) is 6.88. The average Bonchev–Trinajstić information content (AvgIpc) is 3.22. The van der Waals surface area contributed by atoms with Crippen LogP contribution in [0.4, 0.5) is 0 Å². The van der Waals surface area contributed by atoms with E-state index in [0.29, 0.717) is 18.7 Å². The number of aromatic amines is 1. The lowest BCUT2D eigenvalue weighted by Crippen LogP contribution is -2.30. The first-order chi connectivity index (χ1) is 11.6. The van der Waals surface area contributed by atoms with E-state index < -0.39 is 0 Å². The lowest BCUT2D eigenvalue weighted by Gasteiger charge is -2.20. The lowest BCUT2D eigenvalue weighted by molar-refractivity contribution is 0.0754. The summed E-state index contributed by atoms with van der Waals surface area (Å²) in [5.41, 5.74) is 2.02. The van der Waals surface area contributed by atoms with Crippen LogP contribution in [0.5, 0.6) is 0 Å². The van der Waals surface area contributed by atoms with E-state index in [9.17, 15) is 9.59 Å². The Morgan fingerprint density at radius 3 is 2.54 bits per heavy atom. The van der Waals surface area contributed by atoms with Gasteiger partial charge >= 0.3 is 5.69 Å². The molecule has 0 spiro atoms. The number of rotatable bonds is 5. The highest BCUT2D eigenvalue weighted by Gasteiger charge is 2.15. The van der Waals surface area contributed by atoms with Crippen molar-refractivity contribution in [1.29, 1.82) is 0 Å². The molecular weight excluding hydrogens is 322 g/mol. The number of nitrogens with zero attached hydrogens (tertiary/aromatic N) is 2. The average molecular weight is 341 g/mol. The zero-order valence-corrected chi connectivity index (χ0v) is 14.5. The number of amides is 1. The number of aryl methyl sites for hydroxylation is 1. The molecule has 0 aliphatic heterocycles. The van der Waals surface area contributed by atoms with Crippen LogP contribution in [-0.2, 0) is 6.54 Å². The molecule has 0 fully saturated rings. The molecule has 0 aliphatic rings. The van der Waals surface area contributed by atoms with Gasteiger partial charge in [-0.2, -0.15) is 0 Å². The number of carbonyl (C=O) groups is 1. The van der Waals surface area contributed by atoms with E-state index in [1.165, 1.54) is 0 Å². The third-order valence-corrected chi connectivity index (χ3v) is 4.79. The van der Waals surface area contributed by atoms with E-state index in [-0.39, 0.29) is 11.6 Å². The zero-order chi connectivity index (χ0) is 17.1. The number of hydrogen-bond acceptors (Lipinski definition) is 3. The summed E-state index contributed by atoms with van der Waals surface area (Å²) in [6, 6.07) is 11.2. The molecule has 0 bridgehead atoms. The predicted octanol–water partition coefficient (Wildman–Crippen LogP) is 3.20. The van der Waals surface area contributed by atoms with Gasteiger partial charge in [0.25, 0.3) is 5.91 Å². The molecule has 1 N–H and O–H groups in total. The van der Waals surface area contributed by atoms with Crippen LogP contribution in [0.15, 0.2) is 52.8 Å². The van der Waals surface area contributed by atoms with Gasteiger partial charge < -0.3 is 9.88 Å². The normalized spacial score (nSPS) is 10.8. The maximum atomic E-state index is 12.7. The summed E-state index contributed by atoms with van der Waals surface area (Å²) in [5.74, 6) is -0.00409. The van der Waals surface area contributed by atoms with Gasteiger partial charge in [-0.05, 0) is 49.6 Å².